The monoisotopic (exact) mass is 512 g/mol. The quantitative estimate of drug-likeness (QED) is 0.256. The number of anilines is 1. The molecule has 0 atom stereocenters. The molecule has 1 fully saturated rings. The molecular formula is C25H32N6O2S2. The molecule has 4 rings (SSSR count). The van der Waals surface area contributed by atoms with Crippen LogP contribution in [0.5, 0.6) is 5.75 Å². The van der Waals surface area contributed by atoms with Crippen molar-refractivity contribution in [3.63, 3.8) is 0 Å². The topological polar surface area (TPSA) is 94.8 Å². The SMILES string of the molecule is C=CCn1c(SCC(=O)Nc2nnc(C3CCCCC3)s2)nnc1-c1ccc(OCC(C)C)cc1. The Hall–Kier alpha value is -2.72. The first-order valence-electron chi connectivity index (χ1n) is 12.1. The van der Waals surface area contributed by atoms with Crippen LogP contribution in [0.4, 0.5) is 5.13 Å². The number of hydrogen-bond donors (Lipinski definition) is 1. The van der Waals surface area contributed by atoms with Crippen molar-refractivity contribution in [1.82, 2.24) is 25.0 Å². The fourth-order valence-electron chi connectivity index (χ4n) is 3.95. The first-order valence-corrected chi connectivity index (χ1v) is 13.9. The largest absolute Gasteiger partial charge is 0.493 e. The maximum absolute atomic E-state index is 12.6. The van der Waals surface area contributed by atoms with E-state index in [1.807, 2.05) is 28.8 Å². The van der Waals surface area contributed by atoms with Gasteiger partial charge in [-0.2, -0.15) is 0 Å². The highest BCUT2D eigenvalue weighted by Crippen LogP contribution is 2.35. The van der Waals surface area contributed by atoms with E-state index in [9.17, 15) is 4.79 Å². The smallest absolute Gasteiger partial charge is 0.236 e. The van der Waals surface area contributed by atoms with Gasteiger partial charge in [-0.05, 0) is 43.0 Å². The number of carbonyl (C=O) groups excluding carboxylic acids is 1. The van der Waals surface area contributed by atoms with E-state index in [2.05, 4.69) is 46.1 Å². The summed E-state index contributed by atoms with van der Waals surface area (Å²) < 4.78 is 7.73. The molecule has 0 radical (unpaired) electrons. The van der Waals surface area contributed by atoms with Gasteiger partial charge in [0.25, 0.3) is 0 Å². The van der Waals surface area contributed by atoms with Crippen molar-refractivity contribution in [3.05, 3.63) is 41.9 Å². The maximum Gasteiger partial charge on any atom is 0.236 e. The van der Waals surface area contributed by atoms with Crippen LogP contribution in [0.1, 0.15) is 56.9 Å². The zero-order valence-electron chi connectivity index (χ0n) is 20.3. The molecule has 1 aliphatic rings. The summed E-state index contributed by atoms with van der Waals surface area (Å²) in [6.07, 6.45) is 7.90. The van der Waals surface area contributed by atoms with Gasteiger partial charge in [0.05, 0.1) is 12.4 Å². The van der Waals surface area contributed by atoms with Crippen LogP contribution in [0.25, 0.3) is 11.4 Å². The third-order valence-corrected chi connectivity index (χ3v) is 7.67. The summed E-state index contributed by atoms with van der Waals surface area (Å²) in [6, 6.07) is 7.82. The number of amides is 1. The van der Waals surface area contributed by atoms with Crippen molar-refractivity contribution >= 4 is 34.1 Å². The van der Waals surface area contributed by atoms with Gasteiger partial charge in [0.1, 0.15) is 10.8 Å². The van der Waals surface area contributed by atoms with Gasteiger partial charge < -0.3 is 4.74 Å². The number of rotatable bonds is 11. The summed E-state index contributed by atoms with van der Waals surface area (Å²) in [4.78, 5) is 12.6. The predicted octanol–water partition coefficient (Wildman–Crippen LogP) is 5.80. The summed E-state index contributed by atoms with van der Waals surface area (Å²) in [6.45, 7) is 9.31. The number of ether oxygens (including phenoxy) is 1. The third kappa shape index (κ3) is 6.91. The summed E-state index contributed by atoms with van der Waals surface area (Å²) in [5.41, 5.74) is 0.927. The summed E-state index contributed by atoms with van der Waals surface area (Å²) in [5.74, 6) is 2.57. The molecule has 35 heavy (non-hydrogen) atoms. The molecule has 1 amide bonds. The highest BCUT2D eigenvalue weighted by atomic mass is 32.2. The van der Waals surface area contributed by atoms with Gasteiger partial charge in [-0.1, -0.05) is 62.3 Å². The number of allylic oxidation sites excluding steroid dienone is 1. The molecule has 1 aromatic carbocycles. The first-order chi connectivity index (χ1) is 17.0. The van der Waals surface area contributed by atoms with E-state index in [0.717, 1.165) is 35.0 Å². The maximum atomic E-state index is 12.6. The van der Waals surface area contributed by atoms with E-state index in [1.54, 1.807) is 6.08 Å². The van der Waals surface area contributed by atoms with Gasteiger partial charge in [-0.3, -0.25) is 14.7 Å². The number of carbonyl (C=O) groups is 1. The van der Waals surface area contributed by atoms with Crippen LogP contribution in [-0.2, 0) is 11.3 Å². The van der Waals surface area contributed by atoms with Crippen LogP contribution in [-0.4, -0.2) is 43.2 Å². The van der Waals surface area contributed by atoms with Crippen LogP contribution in [0, 0.1) is 5.92 Å². The Morgan fingerprint density at radius 3 is 2.69 bits per heavy atom. The lowest BCUT2D eigenvalue weighted by atomic mass is 9.90. The zero-order chi connectivity index (χ0) is 24.6. The molecule has 2 heterocycles. The Labute approximate surface area is 214 Å². The van der Waals surface area contributed by atoms with Crippen molar-refractivity contribution < 1.29 is 9.53 Å². The average Bonchev–Trinajstić information content (AvgIpc) is 3.50. The number of nitrogens with zero attached hydrogens (tertiary/aromatic N) is 5. The Morgan fingerprint density at radius 1 is 1.20 bits per heavy atom. The Morgan fingerprint density at radius 2 is 1.97 bits per heavy atom. The first kappa shape index (κ1) is 25.4. The molecule has 0 bridgehead atoms. The number of nitrogens with one attached hydrogen (secondary N) is 1. The minimum Gasteiger partial charge on any atom is -0.493 e. The van der Waals surface area contributed by atoms with E-state index in [0.29, 0.717) is 35.3 Å². The van der Waals surface area contributed by atoms with Crippen molar-refractivity contribution in [2.24, 2.45) is 5.92 Å². The van der Waals surface area contributed by atoms with E-state index in [4.69, 9.17) is 4.74 Å². The second kappa shape index (κ2) is 12.3. The molecule has 1 N–H and O–H groups in total. The highest BCUT2D eigenvalue weighted by molar-refractivity contribution is 7.99. The lowest BCUT2D eigenvalue weighted by molar-refractivity contribution is -0.113. The molecule has 8 nitrogen and oxygen atoms in total. The summed E-state index contributed by atoms with van der Waals surface area (Å²) >= 11 is 2.83. The average molecular weight is 513 g/mol. The van der Waals surface area contributed by atoms with Gasteiger partial charge in [-0.25, -0.2) is 0 Å². The second-order valence-electron chi connectivity index (χ2n) is 9.05. The molecule has 0 aliphatic heterocycles. The van der Waals surface area contributed by atoms with Crippen molar-refractivity contribution in [2.75, 3.05) is 17.7 Å². The fraction of sp³-hybridized carbons (Fsp3) is 0.480. The van der Waals surface area contributed by atoms with E-state index < -0.39 is 0 Å². The number of hydrogen-bond acceptors (Lipinski definition) is 8. The van der Waals surface area contributed by atoms with Crippen molar-refractivity contribution in [3.8, 4) is 17.1 Å². The molecule has 186 valence electrons. The molecule has 1 saturated carbocycles. The van der Waals surface area contributed by atoms with Gasteiger partial charge in [-0.15, -0.1) is 27.0 Å². The molecule has 0 saturated heterocycles. The summed E-state index contributed by atoms with van der Waals surface area (Å²) in [5, 5.41) is 22.3. The Bertz CT molecular complexity index is 1120. The third-order valence-electron chi connectivity index (χ3n) is 5.70. The van der Waals surface area contributed by atoms with Gasteiger partial charge in [0.15, 0.2) is 11.0 Å². The van der Waals surface area contributed by atoms with E-state index >= 15 is 0 Å². The normalized spacial score (nSPS) is 14.3. The summed E-state index contributed by atoms with van der Waals surface area (Å²) in [7, 11) is 0. The van der Waals surface area contributed by atoms with Crippen LogP contribution in [0.15, 0.2) is 42.1 Å². The number of aromatic nitrogens is 5. The van der Waals surface area contributed by atoms with E-state index in [-0.39, 0.29) is 11.7 Å². The molecular weight excluding hydrogens is 480 g/mol. The minimum absolute atomic E-state index is 0.136. The molecule has 0 spiro atoms. The zero-order valence-corrected chi connectivity index (χ0v) is 21.9. The number of thioether (sulfide) groups is 1. The highest BCUT2D eigenvalue weighted by Gasteiger charge is 2.21. The van der Waals surface area contributed by atoms with Crippen molar-refractivity contribution in [1.29, 1.82) is 0 Å². The molecule has 10 heteroatoms. The lowest BCUT2D eigenvalue weighted by Crippen LogP contribution is -2.14. The fourth-order valence-corrected chi connectivity index (χ4v) is 5.63. The standard InChI is InChI=1S/C25H32N6O2S2/c1-4-14-31-22(18-10-12-20(13-11-18)33-15-17(2)3)27-30-25(31)34-16-21(32)26-24-29-28-23(35-24)19-8-6-5-7-9-19/h4,10-13,17,19H,1,5-9,14-16H2,2-3H3,(H,26,29,32). The van der Waals surface area contributed by atoms with Gasteiger partial charge in [0.2, 0.25) is 11.0 Å². The lowest BCUT2D eigenvalue weighted by Gasteiger charge is -2.18. The molecule has 3 aromatic rings. The molecule has 0 unspecified atom stereocenters. The predicted molar refractivity (Wildman–Crippen MR) is 141 cm³/mol. The second-order valence-corrected chi connectivity index (χ2v) is 11.0. The minimum atomic E-state index is -0.136. The molecule has 1 aliphatic carbocycles. The van der Waals surface area contributed by atoms with Crippen LogP contribution in [0.2, 0.25) is 0 Å². The van der Waals surface area contributed by atoms with Crippen molar-refractivity contribution in [2.45, 2.75) is 63.6 Å². The van der Waals surface area contributed by atoms with Crippen LogP contribution >= 0.6 is 23.1 Å². The van der Waals surface area contributed by atoms with Gasteiger partial charge >= 0.3 is 0 Å². The van der Waals surface area contributed by atoms with Gasteiger partial charge in [0, 0.05) is 18.0 Å². The Kier molecular flexibility index (Phi) is 8.92. The molecule has 2 aromatic heterocycles. The van der Waals surface area contributed by atoms with Crippen LogP contribution < -0.4 is 10.1 Å². The van der Waals surface area contributed by atoms with E-state index in [1.165, 1.54) is 42.4 Å². The van der Waals surface area contributed by atoms with Crippen LogP contribution in [0.3, 0.4) is 0 Å². The Balaban J connectivity index is 1.36. The number of benzene rings is 1.